The van der Waals surface area contributed by atoms with E-state index in [-0.39, 0.29) is 0 Å². The Kier molecular flexibility index (Phi) is 1.01. The predicted molar refractivity (Wildman–Crippen MR) is 39.2 cm³/mol. The largest absolute Gasteiger partial charge is 0.0877 e. The second-order valence-electron chi connectivity index (χ2n) is 3.13. The van der Waals surface area contributed by atoms with Gasteiger partial charge in [0.25, 0.3) is 0 Å². The quantitative estimate of drug-likeness (QED) is 0.431. The molecule has 2 aliphatic carbocycles. The molecule has 0 aromatic heterocycles. The number of rotatable bonds is 0. The summed E-state index contributed by atoms with van der Waals surface area (Å²) in [6.07, 6.45) is 14.7. The van der Waals surface area contributed by atoms with Gasteiger partial charge in [0.15, 0.2) is 0 Å². The third-order valence-electron chi connectivity index (χ3n) is 2.41. The molecule has 9 heavy (non-hydrogen) atoms. The van der Waals surface area contributed by atoms with Gasteiger partial charge >= 0.3 is 0 Å². The van der Waals surface area contributed by atoms with E-state index in [9.17, 15) is 0 Å². The molecule has 0 saturated carbocycles. The second kappa shape index (κ2) is 1.73. The Morgan fingerprint density at radius 2 is 2.00 bits per heavy atom. The van der Waals surface area contributed by atoms with Gasteiger partial charge in [-0.3, -0.25) is 0 Å². The molecule has 0 amide bonds. The molecule has 1 spiro atoms. The van der Waals surface area contributed by atoms with Crippen LogP contribution in [-0.2, 0) is 0 Å². The zero-order valence-corrected chi connectivity index (χ0v) is 5.64. The van der Waals surface area contributed by atoms with Gasteiger partial charge < -0.3 is 0 Å². The average molecular weight is 120 g/mol. The third-order valence-corrected chi connectivity index (χ3v) is 2.41. The van der Waals surface area contributed by atoms with Crippen molar-refractivity contribution in [2.45, 2.75) is 25.7 Å². The highest BCUT2D eigenvalue weighted by Gasteiger charge is 2.28. The zero-order chi connectivity index (χ0) is 6.16. The summed E-state index contributed by atoms with van der Waals surface area (Å²) in [6, 6.07) is 0. The van der Waals surface area contributed by atoms with E-state index >= 15 is 0 Å². The van der Waals surface area contributed by atoms with Crippen molar-refractivity contribution in [1.82, 2.24) is 0 Å². The van der Waals surface area contributed by atoms with Crippen LogP contribution in [-0.4, -0.2) is 0 Å². The Morgan fingerprint density at radius 3 is 2.33 bits per heavy atom. The van der Waals surface area contributed by atoms with Crippen LogP contribution in [0.25, 0.3) is 0 Å². The Morgan fingerprint density at radius 1 is 1.11 bits per heavy atom. The molecule has 0 nitrogen and oxygen atoms in total. The van der Waals surface area contributed by atoms with E-state index in [0.29, 0.717) is 5.41 Å². The summed E-state index contributed by atoms with van der Waals surface area (Å²) in [5, 5.41) is 0. The van der Waals surface area contributed by atoms with Crippen LogP contribution >= 0.6 is 0 Å². The summed E-state index contributed by atoms with van der Waals surface area (Å²) >= 11 is 0. The fraction of sp³-hybridized carbons (Fsp3) is 0.556. The standard InChI is InChI=1S/C9H12/c1-2-5-9(6-3-1)7-4-8-9/h2,4-5,7H,1,3,6,8H2. The molecule has 0 radical (unpaired) electrons. The normalized spacial score (nSPS) is 39.1. The zero-order valence-electron chi connectivity index (χ0n) is 5.64. The summed E-state index contributed by atoms with van der Waals surface area (Å²) in [5.41, 5.74) is 0.540. The van der Waals surface area contributed by atoms with Crippen molar-refractivity contribution in [3.63, 3.8) is 0 Å². The molecule has 0 heteroatoms. The van der Waals surface area contributed by atoms with Gasteiger partial charge in [0.2, 0.25) is 0 Å². The van der Waals surface area contributed by atoms with Crippen molar-refractivity contribution in [2.75, 3.05) is 0 Å². The molecule has 0 aliphatic heterocycles. The Bertz CT molecular complexity index is 165. The Hall–Kier alpha value is -0.520. The van der Waals surface area contributed by atoms with Crippen LogP contribution < -0.4 is 0 Å². The van der Waals surface area contributed by atoms with Crippen LogP contribution in [0.15, 0.2) is 24.3 Å². The fourth-order valence-corrected chi connectivity index (χ4v) is 1.68. The average Bonchev–Trinajstić information content (AvgIpc) is 1.87. The first-order chi connectivity index (χ1) is 4.41. The molecule has 1 unspecified atom stereocenters. The molecule has 0 fully saturated rings. The Balaban J connectivity index is 2.19. The van der Waals surface area contributed by atoms with Crippen molar-refractivity contribution in [1.29, 1.82) is 0 Å². The second-order valence-corrected chi connectivity index (χ2v) is 3.13. The van der Waals surface area contributed by atoms with Crippen LogP contribution in [0.4, 0.5) is 0 Å². The highest BCUT2D eigenvalue weighted by molar-refractivity contribution is 5.23. The fourth-order valence-electron chi connectivity index (χ4n) is 1.68. The number of hydrogen-bond acceptors (Lipinski definition) is 0. The van der Waals surface area contributed by atoms with E-state index in [1.54, 1.807) is 0 Å². The lowest BCUT2D eigenvalue weighted by atomic mass is 9.70. The minimum Gasteiger partial charge on any atom is -0.0877 e. The van der Waals surface area contributed by atoms with Gasteiger partial charge in [0, 0.05) is 5.41 Å². The lowest BCUT2D eigenvalue weighted by Crippen LogP contribution is -2.21. The molecule has 0 N–H and O–H groups in total. The van der Waals surface area contributed by atoms with E-state index in [4.69, 9.17) is 0 Å². The Labute approximate surface area is 56.3 Å². The van der Waals surface area contributed by atoms with Gasteiger partial charge in [-0.25, -0.2) is 0 Å². The lowest BCUT2D eigenvalue weighted by molar-refractivity contribution is 0.388. The summed E-state index contributed by atoms with van der Waals surface area (Å²) < 4.78 is 0. The van der Waals surface area contributed by atoms with Crippen molar-refractivity contribution < 1.29 is 0 Å². The van der Waals surface area contributed by atoms with Gasteiger partial charge in [0.05, 0.1) is 0 Å². The minimum absolute atomic E-state index is 0.540. The summed E-state index contributed by atoms with van der Waals surface area (Å²) in [4.78, 5) is 0. The van der Waals surface area contributed by atoms with Crippen molar-refractivity contribution in [3.05, 3.63) is 24.3 Å². The highest BCUT2D eigenvalue weighted by Crippen LogP contribution is 2.41. The smallest absolute Gasteiger partial charge is 0.00955 e. The van der Waals surface area contributed by atoms with E-state index < -0.39 is 0 Å². The molecule has 0 aromatic carbocycles. The molecule has 1 atom stereocenters. The van der Waals surface area contributed by atoms with Crippen molar-refractivity contribution in [2.24, 2.45) is 5.41 Å². The van der Waals surface area contributed by atoms with Crippen molar-refractivity contribution in [3.8, 4) is 0 Å². The molecule has 0 bridgehead atoms. The number of hydrogen-bond donors (Lipinski definition) is 0. The predicted octanol–water partition coefficient (Wildman–Crippen LogP) is 2.67. The first-order valence-corrected chi connectivity index (χ1v) is 3.77. The molecule has 2 rings (SSSR count). The maximum Gasteiger partial charge on any atom is 0.00955 e. The van der Waals surface area contributed by atoms with Crippen LogP contribution in [0.3, 0.4) is 0 Å². The summed E-state index contributed by atoms with van der Waals surface area (Å²) in [6.45, 7) is 0. The highest BCUT2D eigenvalue weighted by atomic mass is 14.3. The van der Waals surface area contributed by atoms with Crippen LogP contribution in [0.5, 0.6) is 0 Å². The minimum atomic E-state index is 0.540. The first kappa shape index (κ1) is 5.28. The summed E-state index contributed by atoms with van der Waals surface area (Å²) in [5.74, 6) is 0. The molecule has 0 heterocycles. The SMILES string of the molecule is C1=CC2(C=CC2)CCC1. The van der Waals surface area contributed by atoms with Gasteiger partial charge in [-0.15, -0.1) is 0 Å². The maximum atomic E-state index is 2.39. The van der Waals surface area contributed by atoms with Crippen LogP contribution in [0.1, 0.15) is 25.7 Å². The van der Waals surface area contributed by atoms with E-state index in [2.05, 4.69) is 24.3 Å². The van der Waals surface area contributed by atoms with E-state index in [0.717, 1.165) is 0 Å². The van der Waals surface area contributed by atoms with Gasteiger partial charge in [-0.2, -0.15) is 0 Å². The molecule has 0 saturated heterocycles. The molecular formula is C9H12. The third kappa shape index (κ3) is 0.735. The lowest BCUT2D eigenvalue weighted by Gasteiger charge is -2.34. The molecule has 48 valence electrons. The van der Waals surface area contributed by atoms with Crippen LogP contribution in [0.2, 0.25) is 0 Å². The van der Waals surface area contributed by atoms with E-state index in [1.165, 1.54) is 25.7 Å². The molecule has 0 aromatic rings. The van der Waals surface area contributed by atoms with Crippen LogP contribution in [0, 0.1) is 5.41 Å². The summed E-state index contributed by atoms with van der Waals surface area (Å²) in [7, 11) is 0. The molecule has 2 aliphatic rings. The topological polar surface area (TPSA) is 0 Å². The first-order valence-electron chi connectivity index (χ1n) is 3.77. The van der Waals surface area contributed by atoms with Gasteiger partial charge in [0.1, 0.15) is 0 Å². The van der Waals surface area contributed by atoms with Crippen molar-refractivity contribution >= 4 is 0 Å². The maximum absolute atomic E-state index is 2.39. The van der Waals surface area contributed by atoms with Gasteiger partial charge in [-0.1, -0.05) is 24.3 Å². The number of allylic oxidation sites excluding steroid dienone is 4. The monoisotopic (exact) mass is 120 g/mol. The van der Waals surface area contributed by atoms with E-state index in [1.807, 2.05) is 0 Å². The van der Waals surface area contributed by atoms with Gasteiger partial charge in [-0.05, 0) is 25.7 Å². The molecular weight excluding hydrogens is 108 g/mol.